The summed E-state index contributed by atoms with van der Waals surface area (Å²) in [7, 11) is 0. The van der Waals surface area contributed by atoms with Gasteiger partial charge in [-0.15, -0.1) is 0 Å². The molecular weight excluding hydrogens is 246 g/mol. The minimum atomic E-state index is 0.749. The van der Waals surface area contributed by atoms with Crippen LogP contribution in [0.25, 0.3) is 10.1 Å². The fourth-order valence-corrected chi connectivity index (χ4v) is 2.39. The third-order valence-electron chi connectivity index (χ3n) is 1.39. The highest BCUT2D eigenvalue weighted by molar-refractivity contribution is 9.10. The van der Waals surface area contributed by atoms with Crippen molar-refractivity contribution < 1.29 is 0 Å². The molecule has 0 aliphatic rings. The number of rotatable bonds is 0. The molecule has 2 rings (SSSR count). The predicted molar refractivity (Wildman–Crippen MR) is 52.3 cm³/mol. The summed E-state index contributed by atoms with van der Waals surface area (Å²) < 4.78 is 6.17. The summed E-state index contributed by atoms with van der Waals surface area (Å²) in [5.74, 6) is 0. The van der Waals surface area contributed by atoms with Crippen LogP contribution in [0.4, 0.5) is 0 Å². The summed E-state index contributed by atoms with van der Waals surface area (Å²) in [6.07, 6.45) is 0. The van der Waals surface area contributed by atoms with Crippen molar-refractivity contribution in [2.24, 2.45) is 0 Å². The predicted octanol–water partition coefficient (Wildman–Crippen LogP) is 3.71. The van der Waals surface area contributed by atoms with Crippen LogP contribution in [-0.2, 0) is 0 Å². The van der Waals surface area contributed by atoms with E-state index in [1.54, 1.807) is 0 Å². The van der Waals surface area contributed by atoms with Gasteiger partial charge in [0.15, 0.2) is 0 Å². The van der Waals surface area contributed by atoms with Crippen LogP contribution < -0.4 is 0 Å². The first kappa shape index (κ1) is 7.53. The SMILES string of the molecule is Clc1ccc2snc(Br)c2c1. The Hall–Kier alpha value is -0.120. The molecule has 0 aliphatic heterocycles. The normalized spacial score (nSPS) is 10.7. The Morgan fingerprint density at radius 2 is 2.27 bits per heavy atom. The van der Waals surface area contributed by atoms with Crippen LogP contribution >= 0.6 is 39.1 Å². The van der Waals surface area contributed by atoms with E-state index in [1.807, 2.05) is 18.2 Å². The number of nitrogens with zero attached hydrogens (tertiary/aromatic N) is 1. The maximum Gasteiger partial charge on any atom is 0.127 e. The second kappa shape index (κ2) is 2.73. The molecule has 0 radical (unpaired) electrons. The molecule has 0 spiro atoms. The molecule has 11 heavy (non-hydrogen) atoms. The molecule has 1 nitrogen and oxygen atoms in total. The van der Waals surface area contributed by atoms with Gasteiger partial charge >= 0.3 is 0 Å². The lowest BCUT2D eigenvalue weighted by Crippen LogP contribution is -1.64. The third kappa shape index (κ3) is 1.28. The van der Waals surface area contributed by atoms with Crippen LogP contribution in [0.2, 0.25) is 5.02 Å². The number of aromatic nitrogens is 1. The van der Waals surface area contributed by atoms with Crippen LogP contribution in [0.3, 0.4) is 0 Å². The lowest BCUT2D eigenvalue weighted by Gasteiger charge is -1.88. The molecule has 1 aromatic heterocycles. The van der Waals surface area contributed by atoms with Crippen LogP contribution in [0.15, 0.2) is 22.8 Å². The summed E-state index contributed by atoms with van der Waals surface area (Å²) in [4.78, 5) is 0. The molecule has 0 bridgehead atoms. The summed E-state index contributed by atoms with van der Waals surface area (Å²) in [5.41, 5.74) is 0. The average Bonchev–Trinajstić information content (AvgIpc) is 2.33. The zero-order chi connectivity index (χ0) is 7.84. The van der Waals surface area contributed by atoms with Crippen molar-refractivity contribution in [2.45, 2.75) is 0 Å². The fourth-order valence-electron chi connectivity index (χ4n) is 0.881. The summed E-state index contributed by atoms with van der Waals surface area (Å²) in [6.45, 7) is 0. The maximum absolute atomic E-state index is 5.80. The van der Waals surface area contributed by atoms with E-state index in [4.69, 9.17) is 11.6 Å². The van der Waals surface area contributed by atoms with Crippen molar-refractivity contribution in [3.8, 4) is 0 Å². The molecule has 4 heteroatoms. The van der Waals surface area contributed by atoms with Gasteiger partial charge in [0.1, 0.15) is 4.60 Å². The Labute approximate surface area is 81.3 Å². The Morgan fingerprint density at radius 3 is 3.09 bits per heavy atom. The molecule has 0 atom stereocenters. The first-order valence-corrected chi connectivity index (χ1v) is 4.92. The second-order valence-electron chi connectivity index (χ2n) is 2.11. The van der Waals surface area contributed by atoms with E-state index >= 15 is 0 Å². The first-order chi connectivity index (χ1) is 5.27. The Kier molecular flexibility index (Phi) is 1.87. The summed E-state index contributed by atoms with van der Waals surface area (Å²) in [5, 5.41) is 1.83. The van der Waals surface area contributed by atoms with E-state index in [-0.39, 0.29) is 0 Å². The largest absolute Gasteiger partial charge is 0.184 e. The molecule has 0 unspecified atom stereocenters. The van der Waals surface area contributed by atoms with Gasteiger partial charge < -0.3 is 0 Å². The molecule has 0 saturated heterocycles. The topological polar surface area (TPSA) is 12.9 Å². The van der Waals surface area contributed by atoms with Crippen molar-refractivity contribution in [3.05, 3.63) is 27.8 Å². The van der Waals surface area contributed by atoms with Crippen LogP contribution in [0.5, 0.6) is 0 Å². The third-order valence-corrected chi connectivity index (χ3v) is 3.29. The Bertz CT molecular complexity index is 398. The van der Waals surface area contributed by atoms with Crippen molar-refractivity contribution in [2.75, 3.05) is 0 Å². The molecule has 1 heterocycles. The Morgan fingerprint density at radius 1 is 1.45 bits per heavy atom. The van der Waals surface area contributed by atoms with Gasteiger partial charge in [-0.05, 0) is 45.7 Å². The molecule has 0 aliphatic carbocycles. The quantitative estimate of drug-likeness (QED) is 0.692. The molecule has 0 N–H and O–H groups in total. The van der Waals surface area contributed by atoms with Crippen molar-refractivity contribution in [3.63, 3.8) is 0 Å². The maximum atomic E-state index is 5.80. The van der Waals surface area contributed by atoms with Gasteiger partial charge in [0.2, 0.25) is 0 Å². The van der Waals surface area contributed by atoms with Gasteiger partial charge in [0.05, 0.1) is 4.70 Å². The van der Waals surface area contributed by atoms with Gasteiger partial charge in [-0.2, -0.15) is 4.37 Å². The highest BCUT2D eigenvalue weighted by Gasteiger charge is 2.02. The zero-order valence-electron chi connectivity index (χ0n) is 5.34. The smallest absolute Gasteiger partial charge is 0.127 e. The molecule has 0 saturated carbocycles. The van der Waals surface area contributed by atoms with Crippen LogP contribution in [-0.4, -0.2) is 4.37 Å². The van der Waals surface area contributed by atoms with Gasteiger partial charge in [-0.1, -0.05) is 11.6 Å². The van der Waals surface area contributed by atoms with Crippen LogP contribution in [0.1, 0.15) is 0 Å². The number of hydrogen-bond acceptors (Lipinski definition) is 2. The second-order valence-corrected chi connectivity index (χ2v) is 4.11. The van der Waals surface area contributed by atoms with Gasteiger partial charge in [0.25, 0.3) is 0 Å². The van der Waals surface area contributed by atoms with Gasteiger partial charge in [-0.3, -0.25) is 0 Å². The lowest BCUT2D eigenvalue weighted by molar-refractivity contribution is 1.53. The summed E-state index contributed by atoms with van der Waals surface area (Å²) in [6, 6.07) is 5.75. The van der Waals surface area contributed by atoms with Crippen LogP contribution in [0, 0.1) is 0 Å². The van der Waals surface area contributed by atoms with E-state index in [1.165, 1.54) is 11.5 Å². The minimum absolute atomic E-state index is 0.749. The fraction of sp³-hybridized carbons (Fsp3) is 0. The molecule has 0 fully saturated rings. The van der Waals surface area contributed by atoms with E-state index in [0.717, 1.165) is 19.7 Å². The molecular formula is C7H3BrClNS. The lowest BCUT2D eigenvalue weighted by atomic mass is 10.3. The molecule has 2 aromatic rings. The van der Waals surface area contributed by atoms with Crippen molar-refractivity contribution in [1.29, 1.82) is 0 Å². The standard InChI is InChI=1S/C7H3BrClNS/c8-7-5-3-4(9)1-2-6(5)11-10-7/h1-3H. The first-order valence-electron chi connectivity index (χ1n) is 2.98. The average molecular weight is 249 g/mol. The Balaban J connectivity index is 2.87. The number of halogens is 2. The highest BCUT2D eigenvalue weighted by atomic mass is 79.9. The van der Waals surface area contributed by atoms with Crippen molar-refractivity contribution >= 4 is 49.1 Å². The summed E-state index contributed by atoms with van der Waals surface area (Å²) >= 11 is 10.6. The molecule has 0 amide bonds. The number of fused-ring (bicyclic) bond motifs is 1. The monoisotopic (exact) mass is 247 g/mol. The van der Waals surface area contributed by atoms with Gasteiger partial charge in [-0.25, -0.2) is 0 Å². The highest BCUT2D eigenvalue weighted by Crippen LogP contribution is 2.28. The van der Waals surface area contributed by atoms with E-state index in [2.05, 4.69) is 20.3 Å². The van der Waals surface area contributed by atoms with Gasteiger partial charge in [0, 0.05) is 10.4 Å². The molecule has 1 aromatic carbocycles. The van der Waals surface area contributed by atoms with E-state index in [9.17, 15) is 0 Å². The van der Waals surface area contributed by atoms with Crippen molar-refractivity contribution in [1.82, 2.24) is 4.37 Å². The van der Waals surface area contributed by atoms with E-state index in [0.29, 0.717) is 0 Å². The number of hydrogen-bond donors (Lipinski definition) is 0. The zero-order valence-corrected chi connectivity index (χ0v) is 8.50. The van der Waals surface area contributed by atoms with E-state index < -0.39 is 0 Å². The number of benzene rings is 1. The molecule has 56 valence electrons. The minimum Gasteiger partial charge on any atom is -0.184 e.